The van der Waals surface area contributed by atoms with Crippen molar-refractivity contribution in [3.63, 3.8) is 0 Å². The molecule has 2 unspecified atom stereocenters. The second-order valence-electron chi connectivity index (χ2n) is 6.22. The van der Waals surface area contributed by atoms with Crippen LogP contribution in [0.3, 0.4) is 0 Å². The molecular formula is C16H24N4O. The number of anilines is 2. The third-order valence-corrected chi connectivity index (χ3v) is 4.46. The molecule has 1 fully saturated rings. The Morgan fingerprint density at radius 2 is 2.05 bits per heavy atom. The van der Waals surface area contributed by atoms with Crippen molar-refractivity contribution in [3.05, 3.63) is 23.8 Å². The molecule has 1 aromatic rings. The van der Waals surface area contributed by atoms with Gasteiger partial charge in [-0.1, -0.05) is 6.92 Å². The zero-order valence-corrected chi connectivity index (χ0v) is 12.8. The molecule has 1 aromatic carbocycles. The fourth-order valence-corrected chi connectivity index (χ4v) is 3.20. The van der Waals surface area contributed by atoms with Gasteiger partial charge in [-0.25, -0.2) is 0 Å². The van der Waals surface area contributed by atoms with Gasteiger partial charge in [0, 0.05) is 31.2 Å². The van der Waals surface area contributed by atoms with Gasteiger partial charge in [0.05, 0.1) is 11.4 Å². The molecule has 3 N–H and O–H groups in total. The first-order chi connectivity index (χ1) is 10.1. The Bertz CT molecular complexity index is 531. The molecule has 1 saturated heterocycles. The highest BCUT2D eigenvalue weighted by Crippen LogP contribution is 2.25. The van der Waals surface area contributed by atoms with E-state index in [0.717, 1.165) is 49.5 Å². The lowest BCUT2D eigenvalue weighted by atomic mass is 9.94. The lowest BCUT2D eigenvalue weighted by molar-refractivity contribution is 0.0884. The molecule has 2 heterocycles. The van der Waals surface area contributed by atoms with Crippen LogP contribution in [-0.2, 0) is 0 Å². The van der Waals surface area contributed by atoms with E-state index in [1.54, 1.807) is 0 Å². The Kier molecular flexibility index (Phi) is 4.01. The Morgan fingerprint density at radius 1 is 1.29 bits per heavy atom. The number of nitrogens with zero attached hydrogens (tertiary/aromatic N) is 1. The molecule has 2 atom stereocenters. The molecule has 0 saturated carbocycles. The summed E-state index contributed by atoms with van der Waals surface area (Å²) in [4.78, 5) is 14.8. The highest BCUT2D eigenvalue weighted by Gasteiger charge is 2.26. The van der Waals surface area contributed by atoms with Crippen LogP contribution in [0.15, 0.2) is 18.2 Å². The quantitative estimate of drug-likeness (QED) is 0.773. The largest absolute Gasteiger partial charge is 0.382 e. The van der Waals surface area contributed by atoms with Crippen molar-refractivity contribution in [2.45, 2.75) is 19.4 Å². The average molecular weight is 288 g/mol. The van der Waals surface area contributed by atoms with E-state index in [9.17, 15) is 4.79 Å². The van der Waals surface area contributed by atoms with Crippen LogP contribution in [0.5, 0.6) is 0 Å². The van der Waals surface area contributed by atoms with E-state index < -0.39 is 0 Å². The van der Waals surface area contributed by atoms with E-state index in [-0.39, 0.29) is 11.9 Å². The minimum absolute atomic E-state index is 0.0339. The van der Waals surface area contributed by atoms with Gasteiger partial charge >= 0.3 is 0 Å². The second-order valence-corrected chi connectivity index (χ2v) is 6.22. The minimum atomic E-state index is 0.0339. The van der Waals surface area contributed by atoms with Gasteiger partial charge in [-0.3, -0.25) is 4.79 Å². The average Bonchev–Trinajstić information content (AvgIpc) is 2.49. The van der Waals surface area contributed by atoms with Gasteiger partial charge in [-0.15, -0.1) is 0 Å². The molecule has 0 radical (unpaired) electrons. The van der Waals surface area contributed by atoms with Crippen LogP contribution in [0.4, 0.5) is 11.4 Å². The number of carbonyl (C=O) groups is 1. The molecule has 0 bridgehead atoms. The Labute approximate surface area is 126 Å². The van der Waals surface area contributed by atoms with E-state index >= 15 is 0 Å². The Hall–Kier alpha value is -1.75. The third kappa shape index (κ3) is 3.13. The van der Waals surface area contributed by atoms with Crippen molar-refractivity contribution in [1.29, 1.82) is 0 Å². The smallest absolute Gasteiger partial charge is 0.251 e. The number of carbonyl (C=O) groups excluding carboxylic acids is 1. The molecular weight excluding hydrogens is 264 g/mol. The fourth-order valence-electron chi connectivity index (χ4n) is 3.20. The van der Waals surface area contributed by atoms with Crippen molar-refractivity contribution in [2.24, 2.45) is 5.92 Å². The maximum atomic E-state index is 12.5. The molecule has 0 aliphatic carbocycles. The van der Waals surface area contributed by atoms with Crippen LogP contribution in [0.1, 0.15) is 23.7 Å². The number of nitrogens with one attached hydrogen (secondary N) is 3. The van der Waals surface area contributed by atoms with E-state index in [1.807, 2.05) is 18.2 Å². The number of hydrogen-bond acceptors (Lipinski definition) is 4. The number of piperidine rings is 1. The van der Waals surface area contributed by atoms with Crippen molar-refractivity contribution < 1.29 is 4.79 Å². The maximum absolute atomic E-state index is 12.5. The van der Waals surface area contributed by atoms with Gasteiger partial charge < -0.3 is 20.9 Å². The van der Waals surface area contributed by atoms with Crippen molar-refractivity contribution in [3.8, 4) is 0 Å². The number of hydrogen-bond donors (Lipinski definition) is 3. The molecule has 2 aliphatic rings. The summed E-state index contributed by atoms with van der Waals surface area (Å²) in [6, 6.07) is 6.09. The summed E-state index contributed by atoms with van der Waals surface area (Å²) in [6.45, 7) is 6.11. The summed E-state index contributed by atoms with van der Waals surface area (Å²) in [5.74, 6) is 0.525. The third-order valence-electron chi connectivity index (χ3n) is 4.46. The molecule has 0 spiro atoms. The normalized spacial score (nSPS) is 25.4. The van der Waals surface area contributed by atoms with E-state index in [0.29, 0.717) is 5.92 Å². The molecule has 0 aromatic heterocycles. The van der Waals surface area contributed by atoms with Gasteiger partial charge in [-0.2, -0.15) is 0 Å². The predicted octanol–water partition coefficient (Wildman–Crippen LogP) is 1.59. The zero-order chi connectivity index (χ0) is 14.8. The Balaban J connectivity index is 1.68. The van der Waals surface area contributed by atoms with Gasteiger partial charge in [0.15, 0.2) is 0 Å². The van der Waals surface area contributed by atoms with Crippen LogP contribution in [0, 0.1) is 5.92 Å². The van der Waals surface area contributed by atoms with E-state index in [4.69, 9.17) is 0 Å². The standard InChI is InChI=1S/C16H24N4O/c1-11-10-20(2)8-5-13(11)19-16(21)12-3-4-14-15(9-12)18-7-6-17-14/h3-4,9,11,13,17-18H,5-8,10H2,1-2H3,(H,19,21). The number of rotatable bonds is 2. The minimum Gasteiger partial charge on any atom is -0.382 e. The maximum Gasteiger partial charge on any atom is 0.251 e. The molecule has 3 rings (SSSR count). The lowest BCUT2D eigenvalue weighted by Gasteiger charge is -2.35. The van der Waals surface area contributed by atoms with E-state index in [2.05, 4.69) is 34.8 Å². The van der Waals surface area contributed by atoms with Crippen LogP contribution >= 0.6 is 0 Å². The van der Waals surface area contributed by atoms with Crippen LogP contribution in [0.25, 0.3) is 0 Å². The molecule has 114 valence electrons. The zero-order valence-electron chi connectivity index (χ0n) is 12.8. The van der Waals surface area contributed by atoms with E-state index in [1.165, 1.54) is 0 Å². The van der Waals surface area contributed by atoms with Crippen molar-refractivity contribution in [2.75, 3.05) is 43.9 Å². The molecule has 21 heavy (non-hydrogen) atoms. The summed E-state index contributed by atoms with van der Waals surface area (Å²) in [7, 11) is 2.14. The van der Waals surface area contributed by atoms with Crippen LogP contribution < -0.4 is 16.0 Å². The molecule has 2 aliphatic heterocycles. The number of benzene rings is 1. The predicted molar refractivity (Wildman–Crippen MR) is 86.0 cm³/mol. The summed E-state index contributed by atoms with van der Waals surface area (Å²) < 4.78 is 0. The van der Waals surface area contributed by atoms with Gasteiger partial charge in [0.1, 0.15) is 0 Å². The first-order valence-corrected chi connectivity index (χ1v) is 7.74. The highest BCUT2D eigenvalue weighted by molar-refractivity contribution is 5.96. The summed E-state index contributed by atoms with van der Waals surface area (Å²) in [5.41, 5.74) is 2.83. The van der Waals surface area contributed by atoms with Gasteiger partial charge in [-0.05, 0) is 44.1 Å². The van der Waals surface area contributed by atoms with Gasteiger partial charge in [0.25, 0.3) is 5.91 Å². The van der Waals surface area contributed by atoms with Crippen molar-refractivity contribution >= 4 is 17.3 Å². The SMILES string of the molecule is CC1CN(C)CCC1NC(=O)c1ccc2c(c1)NCCN2. The lowest BCUT2D eigenvalue weighted by Crippen LogP contribution is -2.48. The molecule has 5 nitrogen and oxygen atoms in total. The first kappa shape index (κ1) is 14.2. The Morgan fingerprint density at radius 3 is 2.81 bits per heavy atom. The monoisotopic (exact) mass is 288 g/mol. The number of fused-ring (bicyclic) bond motifs is 1. The topological polar surface area (TPSA) is 56.4 Å². The number of likely N-dealkylation sites (tertiary alicyclic amines) is 1. The fraction of sp³-hybridized carbons (Fsp3) is 0.562. The van der Waals surface area contributed by atoms with Crippen LogP contribution in [-0.4, -0.2) is 50.1 Å². The molecule has 5 heteroatoms. The highest BCUT2D eigenvalue weighted by atomic mass is 16.1. The molecule has 1 amide bonds. The first-order valence-electron chi connectivity index (χ1n) is 7.74. The number of amides is 1. The summed E-state index contributed by atoms with van der Waals surface area (Å²) in [5, 5.41) is 9.85. The summed E-state index contributed by atoms with van der Waals surface area (Å²) in [6.07, 6.45) is 1.02. The van der Waals surface area contributed by atoms with Gasteiger partial charge in [0.2, 0.25) is 0 Å². The van der Waals surface area contributed by atoms with Crippen LogP contribution in [0.2, 0.25) is 0 Å². The van der Waals surface area contributed by atoms with Crippen molar-refractivity contribution in [1.82, 2.24) is 10.2 Å². The summed E-state index contributed by atoms with van der Waals surface area (Å²) >= 11 is 0. The second kappa shape index (κ2) is 5.93.